The zero-order valence-electron chi connectivity index (χ0n) is 15.4. The molecule has 4 nitrogen and oxygen atoms in total. The first-order valence-electron chi connectivity index (χ1n) is 9.03. The monoisotopic (exact) mass is 399 g/mol. The maximum atomic E-state index is 13.4. The third kappa shape index (κ3) is 5.65. The zero-order chi connectivity index (χ0) is 19.8. The Balaban J connectivity index is 1.55. The molecule has 0 unspecified atom stereocenters. The quantitative estimate of drug-likeness (QED) is 0.470. The van der Waals surface area contributed by atoms with Gasteiger partial charge in [-0.2, -0.15) is 0 Å². The van der Waals surface area contributed by atoms with Crippen molar-refractivity contribution in [3.63, 3.8) is 0 Å². The minimum atomic E-state index is -0.809. The second kappa shape index (κ2) is 10.0. The molecule has 146 valence electrons. The van der Waals surface area contributed by atoms with Crippen LogP contribution in [-0.4, -0.2) is 17.6 Å². The molecule has 0 saturated heterocycles. The van der Waals surface area contributed by atoms with E-state index in [9.17, 15) is 9.18 Å². The van der Waals surface area contributed by atoms with Gasteiger partial charge in [-0.25, -0.2) is 4.39 Å². The summed E-state index contributed by atoms with van der Waals surface area (Å²) in [4.78, 5) is 12.2. The number of rotatable bonds is 10. The van der Waals surface area contributed by atoms with Crippen LogP contribution < -0.4 is 10.1 Å². The van der Waals surface area contributed by atoms with E-state index in [-0.39, 0.29) is 6.42 Å². The highest BCUT2D eigenvalue weighted by atomic mass is 32.1. The number of alkyl halides is 1. The van der Waals surface area contributed by atoms with Gasteiger partial charge >= 0.3 is 5.97 Å². The number of carbonyl (C=O) groups is 1. The Kier molecular flexibility index (Phi) is 7.17. The van der Waals surface area contributed by atoms with Gasteiger partial charge in [0, 0.05) is 22.8 Å². The number of nitrogens with one attached hydrogen (secondary N) is 1. The van der Waals surface area contributed by atoms with Crippen LogP contribution in [0.3, 0.4) is 0 Å². The van der Waals surface area contributed by atoms with Gasteiger partial charge in [-0.1, -0.05) is 42.5 Å². The molecule has 0 aliphatic rings. The van der Waals surface area contributed by atoms with Crippen molar-refractivity contribution in [3.8, 4) is 16.9 Å². The molecule has 0 aliphatic heterocycles. The average molecular weight is 399 g/mol. The third-order valence-corrected chi connectivity index (χ3v) is 5.29. The number of benzene rings is 2. The number of aliphatic carboxylic acids is 1. The number of ether oxygens (including phenoxy) is 1. The van der Waals surface area contributed by atoms with E-state index in [2.05, 4.69) is 5.32 Å². The van der Waals surface area contributed by atoms with E-state index in [4.69, 9.17) is 9.84 Å². The van der Waals surface area contributed by atoms with Crippen molar-refractivity contribution >= 4 is 17.3 Å². The number of thiophene rings is 1. The van der Waals surface area contributed by atoms with E-state index in [0.717, 1.165) is 27.3 Å². The lowest BCUT2D eigenvalue weighted by molar-refractivity contribution is -0.136. The fourth-order valence-corrected chi connectivity index (χ4v) is 3.76. The van der Waals surface area contributed by atoms with Gasteiger partial charge in [-0.3, -0.25) is 4.79 Å². The SMILES string of the molecule is O=C(O)CCNCc1ccc(OCc2cc(-c3ccccc3)c(CF)s2)cc1. The van der Waals surface area contributed by atoms with Crippen LogP contribution in [0.15, 0.2) is 60.7 Å². The third-order valence-electron chi connectivity index (χ3n) is 4.22. The highest BCUT2D eigenvalue weighted by Gasteiger charge is 2.11. The number of halogens is 1. The molecular weight excluding hydrogens is 377 g/mol. The summed E-state index contributed by atoms with van der Waals surface area (Å²) in [6.07, 6.45) is 0.105. The van der Waals surface area contributed by atoms with E-state index < -0.39 is 12.6 Å². The van der Waals surface area contributed by atoms with Crippen LogP contribution in [-0.2, 0) is 24.6 Å². The first kappa shape index (κ1) is 20.0. The van der Waals surface area contributed by atoms with Gasteiger partial charge in [0.2, 0.25) is 0 Å². The van der Waals surface area contributed by atoms with Crippen LogP contribution >= 0.6 is 11.3 Å². The van der Waals surface area contributed by atoms with Gasteiger partial charge in [0.1, 0.15) is 19.0 Å². The van der Waals surface area contributed by atoms with Gasteiger partial charge < -0.3 is 15.2 Å². The van der Waals surface area contributed by atoms with Crippen LogP contribution in [0.25, 0.3) is 11.1 Å². The zero-order valence-corrected chi connectivity index (χ0v) is 16.2. The summed E-state index contributed by atoms with van der Waals surface area (Å²) in [5.41, 5.74) is 2.99. The summed E-state index contributed by atoms with van der Waals surface area (Å²) in [7, 11) is 0. The Morgan fingerprint density at radius 3 is 2.54 bits per heavy atom. The fourth-order valence-electron chi connectivity index (χ4n) is 2.80. The molecule has 0 spiro atoms. The minimum absolute atomic E-state index is 0.105. The molecule has 0 amide bonds. The molecule has 0 fully saturated rings. The number of hydrogen-bond donors (Lipinski definition) is 2. The lowest BCUT2D eigenvalue weighted by Crippen LogP contribution is -2.17. The van der Waals surface area contributed by atoms with Crippen LogP contribution in [0.1, 0.15) is 21.7 Å². The van der Waals surface area contributed by atoms with E-state index in [0.29, 0.717) is 24.6 Å². The molecule has 1 heterocycles. The minimum Gasteiger partial charge on any atom is -0.488 e. The smallest absolute Gasteiger partial charge is 0.304 e. The molecule has 0 bridgehead atoms. The van der Waals surface area contributed by atoms with Crippen LogP contribution in [0.4, 0.5) is 4.39 Å². The van der Waals surface area contributed by atoms with Crippen LogP contribution in [0.2, 0.25) is 0 Å². The van der Waals surface area contributed by atoms with Crippen LogP contribution in [0, 0.1) is 0 Å². The fraction of sp³-hybridized carbons (Fsp3) is 0.227. The highest BCUT2D eigenvalue weighted by molar-refractivity contribution is 7.12. The van der Waals surface area contributed by atoms with Crippen molar-refractivity contribution in [2.45, 2.75) is 26.2 Å². The molecule has 0 saturated carbocycles. The predicted octanol–water partition coefficient (Wildman–Crippen LogP) is 5.03. The number of carboxylic acids is 1. The molecule has 0 aliphatic carbocycles. The summed E-state index contributed by atoms with van der Waals surface area (Å²) in [6.45, 7) is 0.949. The second-order valence-corrected chi connectivity index (χ2v) is 7.52. The lowest BCUT2D eigenvalue weighted by atomic mass is 10.1. The Morgan fingerprint density at radius 1 is 1.11 bits per heavy atom. The topological polar surface area (TPSA) is 58.6 Å². The molecule has 6 heteroatoms. The van der Waals surface area contributed by atoms with E-state index >= 15 is 0 Å². The predicted molar refractivity (Wildman–Crippen MR) is 109 cm³/mol. The summed E-state index contributed by atoms with van der Waals surface area (Å²) in [5.74, 6) is -0.0677. The first-order chi connectivity index (χ1) is 13.7. The van der Waals surface area contributed by atoms with Crippen molar-refractivity contribution in [3.05, 3.63) is 76.0 Å². The summed E-state index contributed by atoms with van der Waals surface area (Å²) < 4.78 is 19.2. The van der Waals surface area contributed by atoms with Gasteiger partial charge in [0.25, 0.3) is 0 Å². The molecule has 1 aromatic heterocycles. The largest absolute Gasteiger partial charge is 0.488 e. The van der Waals surface area contributed by atoms with Crippen molar-refractivity contribution in [1.29, 1.82) is 0 Å². The molecule has 0 radical (unpaired) electrons. The molecule has 2 N–H and O–H groups in total. The summed E-state index contributed by atoms with van der Waals surface area (Å²) in [6, 6.07) is 19.5. The van der Waals surface area contributed by atoms with E-state index in [1.54, 1.807) is 0 Å². The average Bonchev–Trinajstić information content (AvgIpc) is 3.14. The molecule has 3 aromatic rings. The maximum absolute atomic E-state index is 13.4. The molecule has 2 aromatic carbocycles. The van der Waals surface area contributed by atoms with Crippen molar-refractivity contribution in [1.82, 2.24) is 5.32 Å². The van der Waals surface area contributed by atoms with E-state index in [1.165, 1.54) is 11.3 Å². The van der Waals surface area contributed by atoms with Gasteiger partial charge in [-0.15, -0.1) is 11.3 Å². The highest BCUT2D eigenvalue weighted by Crippen LogP contribution is 2.33. The molecule has 28 heavy (non-hydrogen) atoms. The summed E-state index contributed by atoms with van der Waals surface area (Å²) >= 11 is 1.43. The molecule has 3 rings (SSSR count). The van der Waals surface area contributed by atoms with Gasteiger partial charge in [0.05, 0.1) is 6.42 Å². The Bertz CT molecular complexity index is 894. The normalized spacial score (nSPS) is 10.8. The van der Waals surface area contributed by atoms with Crippen molar-refractivity contribution in [2.24, 2.45) is 0 Å². The Labute approximate surface area is 167 Å². The molecule has 0 atom stereocenters. The molecular formula is C22H22FNO3S. The Morgan fingerprint density at radius 2 is 1.86 bits per heavy atom. The first-order valence-corrected chi connectivity index (χ1v) is 9.84. The van der Waals surface area contributed by atoms with Crippen molar-refractivity contribution < 1.29 is 19.0 Å². The Hall–Kier alpha value is -2.70. The number of hydrogen-bond acceptors (Lipinski definition) is 4. The van der Waals surface area contributed by atoms with E-state index in [1.807, 2.05) is 60.7 Å². The summed E-state index contributed by atoms with van der Waals surface area (Å²) in [5, 5.41) is 11.7. The lowest BCUT2D eigenvalue weighted by Gasteiger charge is -2.07. The number of carboxylic acid groups (broad SMARTS) is 1. The van der Waals surface area contributed by atoms with Crippen LogP contribution in [0.5, 0.6) is 5.75 Å². The second-order valence-electron chi connectivity index (χ2n) is 6.30. The van der Waals surface area contributed by atoms with Crippen molar-refractivity contribution in [2.75, 3.05) is 6.54 Å². The van der Waals surface area contributed by atoms with Gasteiger partial charge in [0.15, 0.2) is 0 Å². The van der Waals surface area contributed by atoms with Gasteiger partial charge in [-0.05, 0) is 34.9 Å². The standard InChI is InChI=1S/C22H22FNO3S/c23-13-21-20(17-4-2-1-3-5-17)12-19(28-21)15-27-18-8-6-16(7-9-18)14-24-11-10-22(25)26/h1-9,12,24H,10-11,13-15H2,(H,25,26). The maximum Gasteiger partial charge on any atom is 0.304 e.